The van der Waals surface area contributed by atoms with Gasteiger partial charge in [-0.1, -0.05) is 42.5 Å². The number of carbonyl (C=O) groups is 2. The number of hydrogen-bond acceptors (Lipinski definition) is 6. The van der Waals surface area contributed by atoms with Crippen molar-refractivity contribution in [2.75, 3.05) is 30.9 Å². The third-order valence-electron chi connectivity index (χ3n) is 7.73. The zero-order valence-electron chi connectivity index (χ0n) is 21.7. The molecule has 192 valence electrons. The van der Waals surface area contributed by atoms with Gasteiger partial charge in [0.2, 0.25) is 5.95 Å². The average Bonchev–Trinajstić information content (AvgIpc) is 3.23. The molecule has 0 atom stereocenters. The van der Waals surface area contributed by atoms with Crippen LogP contribution in [0.5, 0.6) is 0 Å². The molecule has 0 aliphatic heterocycles. The molecule has 2 aliphatic rings. The van der Waals surface area contributed by atoms with Gasteiger partial charge in [-0.15, -0.1) is 0 Å². The summed E-state index contributed by atoms with van der Waals surface area (Å²) in [5, 5.41) is 7.69. The molecule has 2 N–H and O–H groups in total. The minimum atomic E-state index is -0.127. The minimum absolute atomic E-state index is 0.0100. The Bertz CT molecular complexity index is 1540. The minimum Gasteiger partial charge on any atom is -0.362 e. The van der Waals surface area contributed by atoms with E-state index in [0.29, 0.717) is 41.1 Å². The predicted octanol–water partition coefficient (Wildman–Crippen LogP) is 5.31. The van der Waals surface area contributed by atoms with E-state index in [2.05, 4.69) is 10.6 Å². The van der Waals surface area contributed by atoms with Gasteiger partial charge in [-0.25, -0.2) is 4.98 Å². The molecule has 7 heteroatoms. The predicted molar refractivity (Wildman–Crippen MR) is 151 cm³/mol. The smallest absolute Gasteiger partial charge is 0.251 e. The fourth-order valence-electron chi connectivity index (χ4n) is 5.67. The fraction of sp³-hybridized carbons (Fsp3) is 0.290. The van der Waals surface area contributed by atoms with Crippen molar-refractivity contribution >= 4 is 34.4 Å². The van der Waals surface area contributed by atoms with Gasteiger partial charge in [0.1, 0.15) is 5.82 Å². The number of hydrogen-bond donors (Lipinski definition) is 2. The first-order chi connectivity index (χ1) is 18.5. The van der Waals surface area contributed by atoms with E-state index in [1.165, 1.54) is 0 Å². The number of nitrogens with one attached hydrogen (secondary N) is 2. The van der Waals surface area contributed by atoms with E-state index < -0.39 is 0 Å². The summed E-state index contributed by atoms with van der Waals surface area (Å²) in [6, 6.07) is 21.4. The molecular weight excluding hydrogens is 474 g/mol. The maximum absolute atomic E-state index is 12.9. The molecular formula is C31H31N5O2. The highest BCUT2D eigenvalue weighted by Crippen LogP contribution is 2.36. The Labute approximate surface area is 222 Å². The van der Waals surface area contributed by atoms with Gasteiger partial charge in [0.05, 0.1) is 5.52 Å². The van der Waals surface area contributed by atoms with Crippen LogP contribution in [0.2, 0.25) is 0 Å². The number of carbonyl (C=O) groups excluding carboxylic acids is 2. The highest BCUT2D eigenvalue weighted by molar-refractivity contribution is 6.22. The molecule has 0 unspecified atom stereocenters. The molecule has 3 aromatic carbocycles. The number of nitrogens with zero attached hydrogens (tertiary/aromatic N) is 3. The number of ketones is 1. The Kier molecular flexibility index (Phi) is 6.27. The second-order valence-corrected chi connectivity index (χ2v) is 10.5. The summed E-state index contributed by atoms with van der Waals surface area (Å²) in [4.78, 5) is 37.2. The molecule has 2 aliphatic carbocycles. The number of para-hydroxylation sites is 1. The summed E-state index contributed by atoms with van der Waals surface area (Å²) in [7, 11) is 4.00. The van der Waals surface area contributed by atoms with E-state index in [9.17, 15) is 9.59 Å². The molecule has 0 radical (unpaired) electrons. The summed E-state index contributed by atoms with van der Waals surface area (Å²) < 4.78 is 0. The lowest BCUT2D eigenvalue weighted by Crippen LogP contribution is -2.34. The van der Waals surface area contributed by atoms with Crippen LogP contribution in [0.15, 0.2) is 66.7 Å². The summed E-state index contributed by atoms with van der Waals surface area (Å²) >= 11 is 0. The molecule has 1 amide bonds. The summed E-state index contributed by atoms with van der Waals surface area (Å²) in [6.07, 6.45) is 4.04. The topological polar surface area (TPSA) is 87.2 Å². The standard InChI is InChI=1S/C31H31N5O2/c1-36(2)29-25-9-5-6-10-27(25)34-31(35-29)33-21-14-11-19(12-15-21)18-32-30(38)20-13-16-23-22-7-3-4-8-24(22)28(37)26(23)17-20/h3-10,13,16-17,19,21H,11-12,14-15,18H2,1-2H3,(H,32,38)(H,33,34,35). The van der Waals surface area contributed by atoms with Crippen LogP contribution in [-0.4, -0.2) is 48.3 Å². The van der Waals surface area contributed by atoms with E-state index in [1.54, 1.807) is 6.07 Å². The van der Waals surface area contributed by atoms with Crippen LogP contribution in [0.4, 0.5) is 11.8 Å². The van der Waals surface area contributed by atoms with Crippen molar-refractivity contribution < 1.29 is 9.59 Å². The van der Waals surface area contributed by atoms with Crippen molar-refractivity contribution in [3.8, 4) is 11.1 Å². The zero-order chi connectivity index (χ0) is 26.2. The van der Waals surface area contributed by atoms with Crippen molar-refractivity contribution in [3.63, 3.8) is 0 Å². The molecule has 0 saturated heterocycles. The van der Waals surface area contributed by atoms with E-state index in [1.807, 2.05) is 79.7 Å². The van der Waals surface area contributed by atoms with Crippen molar-refractivity contribution in [2.45, 2.75) is 31.7 Å². The Balaban J connectivity index is 1.04. The molecule has 38 heavy (non-hydrogen) atoms. The van der Waals surface area contributed by atoms with Gasteiger partial charge in [0.15, 0.2) is 5.78 Å². The third kappa shape index (κ3) is 4.49. The monoisotopic (exact) mass is 505 g/mol. The molecule has 7 nitrogen and oxygen atoms in total. The number of aromatic nitrogens is 2. The summed E-state index contributed by atoms with van der Waals surface area (Å²) in [6.45, 7) is 0.633. The Morgan fingerprint density at radius 1 is 0.868 bits per heavy atom. The van der Waals surface area contributed by atoms with Crippen LogP contribution in [0, 0.1) is 5.92 Å². The molecule has 1 aromatic heterocycles. The number of anilines is 2. The van der Waals surface area contributed by atoms with Crippen molar-refractivity contribution in [1.82, 2.24) is 15.3 Å². The van der Waals surface area contributed by atoms with Crippen LogP contribution < -0.4 is 15.5 Å². The van der Waals surface area contributed by atoms with Gasteiger partial charge in [0.25, 0.3) is 5.91 Å². The molecule has 0 bridgehead atoms. The van der Waals surface area contributed by atoms with Crippen molar-refractivity contribution in [2.24, 2.45) is 5.92 Å². The van der Waals surface area contributed by atoms with Crippen molar-refractivity contribution in [3.05, 3.63) is 83.4 Å². The second-order valence-electron chi connectivity index (χ2n) is 10.5. The molecule has 6 rings (SSSR count). The molecule has 1 fully saturated rings. The second kappa shape index (κ2) is 9.89. The van der Waals surface area contributed by atoms with Gasteiger partial charge >= 0.3 is 0 Å². The highest BCUT2D eigenvalue weighted by atomic mass is 16.1. The number of benzene rings is 3. The van der Waals surface area contributed by atoms with E-state index in [0.717, 1.165) is 53.5 Å². The van der Waals surface area contributed by atoms with Crippen LogP contribution in [-0.2, 0) is 0 Å². The largest absolute Gasteiger partial charge is 0.362 e. The lowest BCUT2D eigenvalue weighted by molar-refractivity contribution is 0.0943. The van der Waals surface area contributed by atoms with E-state index >= 15 is 0 Å². The van der Waals surface area contributed by atoms with Crippen LogP contribution in [0.25, 0.3) is 22.0 Å². The lowest BCUT2D eigenvalue weighted by atomic mass is 9.86. The Morgan fingerprint density at radius 2 is 1.58 bits per heavy atom. The van der Waals surface area contributed by atoms with Gasteiger partial charge in [-0.3, -0.25) is 9.59 Å². The fourth-order valence-corrected chi connectivity index (χ4v) is 5.67. The van der Waals surface area contributed by atoms with Crippen LogP contribution in [0.3, 0.4) is 0 Å². The first kappa shape index (κ1) is 24.1. The first-order valence-corrected chi connectivity index (χ1v) is 13.2. The lowest BCUT2D eigenvalue weighted by Gasteiger charge is -2.29. The number of fused-ring (bicyclic) bond motifs is 4. The van der Waals surface area contributed by atoms with E-state index in [-0.39, 0.29) is 11.7 Å². The average molecular weight is 506 g/mol. The quantitative estimate of drug-likeness (QED) is 0.325. The zero-order valence-corrected chi connectivity index (χ0v) is 21.7. The molecule has 1 heterocycles. The summed E-state index contributed by atoms with van der Waals surface area (Å²) in [5.74, 6) is 1.86. The molecule has 1 saturated carbocycles. The third-order valence-corrected chi connectivity index (χ3v) is 7.73. The Hall–Kier alpha value is -4.26. The first-order valence-electron chi connectivity index (χ1n) is 13.2. The van der Waals surface area contributed by atoms with Gasteiger partial charge in [-0.2, -0.15) is 4.98 Å². The highest BCUT2D eigenvalue weighted by Gasteiger charge is 2.27. The van der Waals surface area contributed by atoms with Gasteiger partial charge < -0.3 is 15.5 Å². The van der Waals surface area contributed by atoms with Crippen LogP contribution in [0.1, 0.15) is 52.0 Å². The summed E-state index contributed by atoms with van der Waals surface area (Å²) in [5.41, 5.74) is 4.63. The number of amides is 1. The molecule has 0 spiro atoms. The van der Waals surface area contributed by atoms with Gasteiger partial charge in [0, 0.05) is 48.8 Å². The van der Waals surface area contributed by atoms with E-state index in [4.69, 9.17) is 9.97 Å². The maximum atomic E-state index is 12.9. The normalized spacial score (nSPS) is 18.1. The number of rotatable bonds is 6. The van der Waals surface area contributed by atoms with Crippen molar-refractivity contribution in [1.29, 1.82) is 0 Å². The maximum Gasteiger partial charge on any atom is 0.251 e. The van der Waals surface area contributed by atoms with Gasteiger partial charge in [-0.05, 0) is 67.0 Å². The SMILES string of the molecule is CN(C)c1nc(NC2CCC(CNC(=O)c3ccc4c(c3)C(=O)c3ccccc3-4)CC2)nc2ccccc12. The van der Waals surface area contributed by atoms with Crippen LogP contribution >= 0.6 is 0 Å². The molecule has 4 aromatic rings. The Morgan fingerprint density at radius 3 is 2.37 bits per heavy atom.